The summed E-state index contributed by atoms with van der Waals surface area (Å²) >= 11 is 0. The maximum absolute atomic E-state index is 13.2. The molecule has 4 heteroatoms. The Kier molecular flexibility index (Phi) is 4.96. The maximum Gasteiger partial charge on any atom is 0.264 e. The first-order valence-electron chi connectivity index (χ1n) is 9.46. The smallest absolute Gasteiger partial charge is 0.264 e. The Morgan fingerprint density at radius 2 is 1.67 bits per heavy atom. The molecule has 0 saturated carbocycles. The molecule has 142 valence electrons. The Morgan fingerprint density at radius 1 is 1.07 bits per heavy atom. The van der Waals surface area contributed by atoms with E-state index in [4.69, 9.17) is 0 Å². The molecule has 0 aliphatic carbocycles. The first kappa shape index (κ1) is 19.3. The van der Waals surface area contributed by atoms with Crippen LogP contribution in [0.1, 0.15) is 57.9 Å². The molecule has 1 aliphatic heterocycles. The standard InChI is InChI=1S/C23H27NO3/c1-6-11-24-19-10-8-7-9-18(19)23(27,22(24)26)13-20(25)21-16(4)14(2)12-15(3)17(21)5/h7-10,12,27H,6,11,13H2,1-5H3/t23-/m1/s1. The molecule has 2 aromatic carbocycles. The molecule has 0 unspecified atom stereocenters. The van der Waals surface area contributed by atoms with E-state index in [0.29, 0.717) is 23.4 Å². The third-order valence-corrected chi connectivity index (χ3v) is 5.75. The van der Waals surface area contributed by atoms with Crippen molar-refractivity contribution < 1.29 is 14.7 Å². The number of hydrogen-bond acceptors (Lipinski definition) is 3. The molecule has 2 aromatic rings. The monoisotopic (exact) mass is 365 g/mol. The molecule has 3 rings (SSSR count). The molecule has 0 radical (unpaired) electrons. The summed E-state index contributed by atoms with van der Waals surface area (Å²) in [6.45, 7) is 10.3. The number of anilines is 1. The number of aryl methyl sites for hydroxylation is 2. The molecule has 4 nitrogen and oxygen atoms in total. The van der Waals surface area contributed by atoms with Gasteiger partial charge in [-0.3, -0.25) is 9.59 Å². The fourth-order valence-corrected chi connectivity index (χ4v) is 4.08. The molecular formula is C23H27NO3. The lowest BCUT2D eigenvalue weighted by molar-refractivity contribution is -0.135. The number of benzene rings is 2. The Morgan fingerprint density at radius 3 is 2.26 bits per heavy atom. The second kappa shape index (κ2) is 6.93. The molecule has 1 N–H and O–H groups in total. The summed E-state index contributed by atoms with van der Waals surface area (Å²) in [5, 5.41) is 11.3. The predicted molar refractivity (Wildman–Crippen MR) is 107 cm³/mol. The van der Waals surface area contributed by atoms with Crippen molar-refractivity contribution >= 4 is 17.4 Å². The van der Waals surface area contributed by atoms with Gasteiger partial charge in [0.05, 0.1) is 12.1 Å². The second-order valence-electron chi connectivity index (χ2n) is 7.57. The molecule has 0 aromatic heterocycles. The van der Waals surface area contributed by atoms with Crippen LogP contribution in [0.4, 0.5) is 5.69 Å². The van der Waals surface area contributed by atoms with Crippen LogP contribution in [0, 0.1) is 27.7 Å². The summed E-state index contributed by atoms with van der Waals surface area (Å²) in [7, 11) is 0. The minimum absolute atomic E-state index is 0.194. The van der Waals surface area contributed by atoms with Gasteiger partial charge in [0, 0.05) is 17.7 Å². The number of Topliss-reactive ketones (excluding diaryl/α,β-unsaturated/α-hetero) is 1. The van der Waals surface area contributed by atoms with Crippen molar-refractivity contribution in [1.29, 1.82) is 0 Å². The number of carbonyl (C=O) groups excluding carboxylic acids is 2. The highest BCUT2D eigenvalue weighted by Crippen LogP contribution is 2.43. The van der Waals surface area contributed by atoms with E-state index >= 15 is 0 Å². The van der Waals surface area contributed by atoms with E-state index in [1.807, 2.05) is 46.8 Å². The van der Waals surface area contributed by atoms with Crippen molar-refractivity contribution in [3.05, 3.63) is 63.7 Å². The molecule has 1 amide bonds. The van der Waals surface area contributed by atoms with Crippen LogP contribution in [0.15, 0.2) is 30.3 Å². The zero-order valence-electron chi connectivity index (χ0n) is 16.7. The van der Waals surface area contributed by atoms with E-state index in [-0.39, 0.29) is 12.2 Å². The van der Waals surface area contributed by atoms with Crippen molar-refractivity contribution in [2.45, 2.75) is 53.1 Å². The fourth-order valence-electron chi connectivity index (χ4n) is 4.08. The summed E-state index contributed by atoms with van der Waals surface area (Å²) in [5.41, 5.74) is 3.95. The minimum Gasteiger partial charge on any atom is -0.375 e. The summed E-state index contributed by atoms with van der Waals surface area (Å²) in [6.07, 6.45) is 0.535. The van der Waals surface area contributed by atoms with Gasteiger partial charge in [0.1, 0.15) is 0 Å². The molecule has 27 heavy (non-hydrogen) atoms. The number of nitrogens with zero attached hydrogens (tertiary/aromatic N) is 1. The van der Waals surface area contributed by atoms with Crippen LogP contribution in [0.5, 0.6) is 0 Å². The van der Waals surface area contributed by atoms with Crippen molar-refractivity contribution in [3.8, 4) is 0 Å². The first-order valence-corrected chi connectivity index (χ1v) is 9.46. The number of hydrogen-bond donors (Lipinski definition) is 1. The van der Waals surface area contributed by atoms with Crippen LogP contribution in [0.25, 0.3) is 0 Å². The van der Waals surface area contributed by atoms with Crippen molar-refractivity contribution in [1.82, 2.24) is 0 Å². The van der Waals surface area contributed by atoms with E-state index in [0.717, 1.165) is 28.7 Å². The van der Waals surface area contributed by atoms with Crippen molar-refractivity contribution in [2.75, 3.05) is 11.4 Å². The Hall–Kier alpha value is -2.46. The largest absolute Gasteiger partial charge is 0.375 e. The topological polar surface area (TPSA) is 57.6 Å². The van der Waals surface area contributed by atoms with Crippen LogP contribution in [0.2, 0.25) is 0 Å². The van der Waals surface area contributed by atoms with Crippen molar-refractivity contribution in [2.24, 2.45) is 0 Å². The van der Waals surface area contributed by atoms with Crippen LogP contribution in [0.3, 0.4) is 0 Å². The van der Waals surface area contributed by atoms with Gasteiger partial charge in [-0.1, -0.05) is 31.2 Å². The average molecular weight is 365 g/mol. The lowest BCUT2D eigenvalue weighted by Crippen LogP contribution is -2.42. The third-order valence-electron chi connectivity index (χ3n) is 5.75. The van der Waals surface area contributed by atoms with E-state index in [2.05, 4.69) is 6.07 Å². The van der Waals surface area contributed by atoms with Crippen molar-refractivity contribution in [3.63, 3.8) is 0 Å². The summed E-state index contributed by atoms with van der Waals surface area (Å²) in [6, 6.07) is 9.29. The Balaban J connectivity index is 2.05. The van der Waals surface area contributed by atoms with Gasteiger partial charge in [-0.25, -0.2) is 0 Å². The highest BCUT2D eigenvalue weighted by molar-refractivity contribution is 6.11. The molecule has 1 atom stereocenters. The zero-order chi connectivity index (χ0) is 19.9. The summed E-state index contributed by atoms with van der Waals surface area (Å²) in [4.78, 5) is 27.9. The second-order valence-corrected chi connectivity index (χ2v) is 7.57. The van der Waals surface area contributed by atoms with Gasteiger partial charge in [0.15, 0.2) is 11.4 Å². The number of carbonyl (C=O) groups is 2. The zero-order valence-corrected chi connectivity index (χ0v) is 16.7. The Labute approximate surface area is 160 Å². The number of ketones is 1. The van der Waals surface area contributed by atoms with Gasteiger partial charge < -0.3 is 10.0 Å². The third kappa shape index (κ3) is 2.98. The number of para-hydroxylation sites is 1. The van der Waals surface area contributed by atoms with E-state index in [1.54, 1.807) is 17.0 Å². The first-order chi connectivity index (χ1) is 12.7. The summed E-state index contributed by atoms with van der Waals surface area (Å²) in [5.74, 6) is -0.598. The van der Waals surface area contributed by atoms with E-state index < -0.39 is 11.5 Å². The van der Waals surface area contributed by atoms with Gasteiger partial charge >= 0.3 is 0 Å². The van der Waals surface area contributed by atoms with Gasteiger partial charge in [0.2, 0.25) is 0 Å². The molecular weight excluding hydrogens is 338 g/mol. The van der Waals surface area contributed by atoms with E-state index in [9.17, 15) is 14.7 Å². The lowest BCUT2D eigenvalue weighted by atomic mass is 9.84. The maximum atomic E-state index is 13.2. The summed E-state index contributed by atoms with van der Waals surface area (Å²) < 4.78 is 0. The number of rotatable bonds is 5. The predicted octanol–water partition coefficient (Wildman–Crippen LogP) is 4.14. The number of aliphatic hydroxyl groups is 1. The minimum atomic E-state index is -1.81. The van der Waals surface area contributed by atoms with Gasteiger partial charge in [0.25, 0.3) is 5.91 Å². The number of fused-ring (bicyclic) bond motifs is 1. The molecule has 0 fully saturated rings. The highest BCUT2D eigenvalue weighted by Gasteiger charge is 2.50. The number of amides is 1. The van der Waals surface area contributed by atoms with Crippen LogP contribution >= 0.6 is 0 Å². The Bertz CT molecular complexity index is 905. The van der Waals surface area contributed by atoms with Crippen LogP contribution < -0.4 is 4.90 Å². The van der Waals surface area contributed by atoms with E-state index in [1.165, 1.54) is 0 Å². The molecule has 1 aliphatic rings. The fraction of sp³-hybridized carbons (Fsp3) is 0.391. The lowest BCUT2D eigenvalue weighted by Gasteiger charge is -2.24. The quantitative estimate of drug-likeness (QED) is 0.810. The molecule has 0 bridgehead atoms. The molecule has 1 heterocycles. The van der Waals surface area contributed by atoms with Gasteiger partial charge in [-0.15, -0.1) is 0 Å². The van der Waals surface area contributed by atoms with Crippen LogP contribution in [-0.4, -0.2) is 23.3 Å². The molecule has 0 spiro atoms. The van der Waals surface area contributed by atoms with Gasteiger partial charge in [-0.05, 0) is 62.4 Å². The molecule has 0 saturated heterocycles. The van der Waals surface area contributed by atoms with Gasteiger partial charge in [-0.2, -0.15) is 0 Å². The normalized spacial score (nSPS) is 18.7. The average Bonchev–Trinajstić information content (AvgIpc) is 2.83. The highest BCUT2D eigenvalue weighted by atomic mass is 16.3. The SMILES string of the molecule is CCCN1C(=O)[C@@](O)(CC(=O)c2c(C)c(C)cc(C)c2C)c2ccccc21. The van der Waals surface area contributed by atoms with Crippen LogP contribution in [-0.2, 0) is 10.4 Å².